The van der Waals surface area contributed by atoms with Crippen molar-refractivity contribution in [2.75, 3.05) is 13.7 Å². The van der Waals surface area contributed by atoms with Crippen LogP contribution in [0.4, 0.5) is 0 Å². The number of hydrogen-bond acceptors (Lipinski definition) is 4. The summed E-state index contributed by atoms with van der Waals surface area (Å²) in [4.78, 5) is 11.4. The lowest BCUT2D eigenvalue weighted by molar-refractivity contribution is 0.0972. The van der Waals surface area contributed by atoms with E-state index in [0.717, 1.165) is 0 Å². The van der Waals surface area contributed by atoms with E-state index in [1.807, 2.05) is 12.2 Å². The predicted octanol–water partition coefficient (Wildman–Crippen LogP) is 1.30. The maximum atomic E-state index is 11.4. The summed E-state index contributed by atoms with van der Waals surface area (Å²) >= 11 is 0. The van der Waals surface area contributed by atoms with Crippen molar-refractivity contribution in [1.29, 1.82) is 5.26 Å². The van der Waals surface area contributed by atoms with Gasteiger partial charge in [-0.3, -0.25) is 10.1 Å². The average Bonchev–Trinajstić information content (AvgIpc) is 2.29. The number of methoxy groups -OCH3 is 1. The number of carbonyl (C=O) groups is 1. The molecule has 0 bridgehead atoms. The number of benzene rings is 1. The van der Waals surface area contributed by atoms with E-state index in [9.17, 15) is 4.79 Å². The zero-order valence-electron chi connectivity index (χ0n) is 9.11. The van der Waals surface area contributed by atoms with Gasteiger partial charge in [-0.1, -0.05) is 0 Å². The number of ether oxygens (including phenoxy) is 2. The molecule has 0 fully saturated rings. The van der Waals surface area contributed by atoms with Crippen LogP contribution in [0.15, 0.2) is 18.2 Å². The Bertz CT molecular complexity index is 424. The van der Waals surface area contributed by atoms with E-state index in [4.69, 9.17) is 14.7 Å². The van der Waals surface area contributed by atoms with Crippen LogP contribution >= 0.6 is 0 Å². The molecule has 1 aromatic carbocycles. The fourth-order valence-corrected chi connectivity index (χ4v) is 1.21. The molecule has 1 rings (SSSR count). The highest BCUT2D eigenvalue weighted by molar-refractivity contribution is 5.95. The minimum absolute atomic E-state index is 0.353. The third-order valence-electron chi connectivity index (χ3n) is 1.90. The summed E-state index contributed by atoms with van der Waals surface area (Å²) in [6.07, 6.45) is 1.57. The van der Waals surface area contributed by atoms with Gasteiger partial charge >= 0.3 is 0 Å². The first-order valence-electron chi connectivity index (χ1n) is 4.73. The van der Waals surface area contributed by atoms with Crippen molar-refractivity contribution in [2.45, 2.75) is 6.92 Å². The summed E-state index contributed by atoms with van der Waals surface area (Å²) in [7, 11) is 1.52. The van der Waals surface area contributed by atoms with Crippen molar-refractivity contribution >= 4 is 5.91 Å². The molecule has 16 heavy (non-hydrogen) atoms. The molecule has 0 saturated heterocycles. The van der Waals surface area contributed by atoms with Gasteiger partial charge in [-0.25, -0.2) is 0 Å². The lowest BCUT2D eigenvalue weighted by Crippen LogP contribution is -2.17. The van der Waals surface area contributed by atoms with Crippen LogP contribution in [0.2, 0.25) is 0 Å². The number of hydrogen-bond donors (Lipinski definition) is 1. The Labute approximate surface area is 93.6 Å². The molecule has 0 radical (unpaired) electrons. The zero-order chi connectivity index (χ0) is 12.0. The molecule has 1 amide bonds. The van der Waals surface area contributed by atoms with Gasteiger partial charge in [0.1, 0.15) is 0 Å². The minimum Gasteiger partial charge on any atom is -0.493 e. The van der Waals surface area contributed by atoms with Crippen molar-refractivity contribution in [1.82, 2.24) is 5.32 Å². The summed E-state index contributed by atoms with van der Waals surface area (Å²) in [5, 5.41) is 10.4. The van der Waals surface area contributed by atoms with Crippen LogP contribution in [0.1, 0.15) is 17.3 Å². The molecule has 0 unspecified atom stereocenters. The number of nitriles is 1. The number of amides is 1. The van der Waals surface area contributed by atoms with Crippen LogP contribution in [0.5, 0.6) is 11.5 Å². The Morgan fingerprint density at radius 2 is 2.25 bits per heavy atom. The second-order valence-electron chi connectivity index (χ2n) is 2.86. The van der Waals surface area contributed by atoms with Gasteiger partial charge in [-0.15, -0.1) is 0 Å². The number of nitrogens with one attached hydrogen (secondary N) is 1. The van der Waals surface area contributed by atoms with Gasteiger partial charge in [-0.05, 0) is 25.1 Å². The van der Waals surface area contributed by atoms with Gasteiger partial charge in [0, 0.05) is 5.56 Å². The van der Waals surface area contributed by atoms with Gasteiger partial charge < -0.3 is 9.47 Å². The van der Waals surface area contributed by atoms with Gasteiger partial charge in [0.05, 0.1) is 13.7 Å². The van der Waals surface area contributed by atoms with E-state index in [1.165, 1.54) is 13.2 Å². The molecular weight excluding hydrogens is 208 g/mol. The highest BCUT2D eigenvalue weighted by Crippen LogP contribution is 2.27. The topological polar surface area (TPSA) is 71.3 Å². The third kappa shape index (κ3) is 2.64. The maximum Gasteiger partial charge on any atom is 0.264 e. The molecule has 0 atom stereocenters. The Kier molecular flexibility index (Phi) is 4.16. The van der Waals surface area contributed by atoms with Crippen LogP contribution in [-0.4, -0.2) is 19.6 Å². The molecule has 84 valence electrons. The van der Waals surface area contributed by atoms with Crippen LogP contribution in [0, 0.1) is 11.5 Å². The first kappa shape index (κ1) is 11.9. The number of nitrogens with zero attached hydrogens (tertiary/aromatic N) is 1. The first-order chi connectivity index (χ1) is 7.72. The molecule has 0 spiro atoms. The molecule has 0 aliphatic heterocycles. The van der Waals surface area contributed by atoms with Crippen molar-refractivity contribution in [3.05, 3.63) is 23.8 Å². The third-order valence-corrected chi connectivity index (χ3v) is 1.90. The standard InChI is InChI=1S/C11H12N2O3/c1-3-16-10-6-8(11(14)13-7-12)4-5-9(10)15-2/h4-6H,3H2,1-2H3,(H,13,14). The summed E-state index contributed by atoms with van der Waals surface area (Å²) in [5.74, 6) is 0.567. The van der Waals surface area contributed by atoms with Crippen molar-refractivity contribution in [3.63, 3.8) is 0 Å². The van der Waals surface area contributed by atoms with Crippen LogP contribution in [0.25, 0.3) is 0 Å². The predicted molar refractivity (Wildman–Crippen MR) is 57.2 cm³/mol. The van der Waals surface area contributed by atoms with Gasteiger partial charge in [0.15, 0.2) is 17.7 Å². The van der Waals surface area contributed by atoms with E-state index in [1.54, 1.807) is 18.3 Å². The molecule has 0 aromatic heterocycles. The van der Waals surface area contributed by atoms with E-state index < -0.39 is 5.91 Å². The fraction of sp³-hybridized carbons (Fsp3) is 0.273. The molecular formula is C11H12N2O3. The molecule has 1 N–H and O–H groups in total. The minimum atomic E-state index is -0.467. The molecule has 0 aliphatic rings. The van der Waals surface area contributed by atoms with Gasteiger partial charge in [-0.2, -0.15) is 5.26 Å². The monoisotopic (exact) mass is 220 g/mol. The molecule has 5 nitrogen and oxygen atoms in total. The number of rotatable bonds is 4. The fourth-order valence-electron chi connectivity index (χ4n) is 1.21. The molecule has 1 aromatic rings. The smallest absolute Gasteiger partial charge is 0.264 e. The molecule has 5 heteroatoms. The number of carbonyl (C=O) groups excluding carboxylic acids is 1. The van der Waals surface area contributed by atoms with Crippen molar-refractivity contribution < 1.29 is 14.3 Å². The van der Waals surface area contributed by atoms with Gasteiger partial charge in [0.2, 0.25) is 0 Å². The second-order valence-corrected chi connectivity index (χ2v) is 2.86. The van der Waals surface area contributed by atoms with E-state index in [-0.39, 0.29) is 0 Å². The first-order valence-corrected chi connectivity index (χ1v) is 4.73. The Morgan fingerprint density at radius 3 is 2.81 bits per heavy atom. The summed E-state index contributed by atoms with van der Waals surface area (Å²) < 4.78 is 10.4. The average molecular weight is 220 g/mol. The summed E-state index contributed by atoms with van der Waals surface area (Å²) in [6.45, 7) is 2.31. The maximum absolute atomic E-state index is 11.4. The normalized spacial score (nSPS) is 9.06. The molecule has 0 heterocycles. The van der Waals surface area contributed by atoms with Crippen LogP contribution in [-0.2, 0) is 0 Å². The lowest BCUT2D eigenvalue weighted by Gasteiger charge is -2.09. The SMILES string of the molecule is CCOc1cc(C(=O)NC#N)ccc1OC. The van der Waals surface area contributed by atoms with E-state index in [0.29, 0.717) is 23.7 Å². The second kappa shape index (κ2) is 5.61. The lowest BCUT2D eigenvalue weighted by atomic mass is 10.2. The largest absolute Gasteiger partial charge is 0.493 e. The highest BCUT2D eigenvalue weighted by atomic mass is 16.5. The Hall–Kier alpha value is -2.22. The van der Waals surface area contributed by atoms with Gasteiger partial charge in [0.25, 0.3) is 5.91 Å². The van der Waals surface area contributed by atoms with Crippen LogP contribution in [0.3, 0.4) is 0 Å². The highest BCUT2D eigenvalue weighted by Gasteiger charge is 2.10. The molecule has 0 aliphatic carbocycles. The van der Waals surface area contributed by atoms with Crippen molar-refractivity contribution in [3.8, 4) is 17.7 Å². The summed E-state index contributed by atoms with van der Waals surface area (Å²) in [5.41, 5.74) is 0.353. The Morgan fingerprint density at radius 1 is 1.50 bits per heavy atom. The van der Waals surface area contributed by atoms with E-state index in [2.05, 4.69) is 0 Å². The quantitative estimate of drug-likeness (QED) is 0.613. The van der Waals surface area contributed by atoms with Crippen LogP contribution < -0.4 is 14.8 Å². The Balaban J connectivity index is 3.02. The van der Waals surface area contributed by atoms with Crippen molar-refractivity contribution in [2.24, 2.45) is 0 Å². The van der Waals surface area contributed by atoms with E-state index >= 15 is 0 Å². The summed E-state index contributed by atoms with van der Waals surface area (Å²) in [6, 6.07) is 4.72. The molecule has 0 saturated carbocycles. The zero-order valence-corrected chi connectivity index (χ0v) is 9.11.